The quantitative estimate of drug-likeness (QED) is 0.694. The van der Waals surface area contributed by atoms with Crippen LogP contribution >= 0.6 is 0 Å². The first-order valence-corrected chi connectivity index (χ1v) is 5.17. The molecule has 0 aromatic heterocycles. The lowest BCUT2D eigenvalue weighted by atomic mass is 9.98. The van der Waals surface area contributed by atoms with Crippen molar-refractivity contribution in [2.75, 3.05) is 7.05 Å². The predicted molar refractivity (Wildman–Crippen MR) is 63.7 cm³/mol. The van der Waals surface area contributed by atoms with E-state index >= 15 is 0 Å². The smallest absolute Gasteiger partial charge is 0.181 e. The molecule has 0 heterocycles. The topological polar surface area (TPSA) is 29.4 Å². The minimum atomic E-state index is 0.103. The van der Waals surface area contributed by atoms with Crippen LogP contribution < -0.4 is 0 Å². The molecule has 2 heteroatoms. The molecule has 0 aliphatic heterocycles. The Morgan fingerprint density at radius 1 is 1.33 bits per heavy atom. The zero-order valence-electron chi connectivity index (χ0n) is 9.79. The SMILES string of the molecule is CCC(=O)/C(=N/C)c1cc(C)ccc1C. The maximum atomic E-state index is 11.7. The average molecular weight is 203 g/mol. The van der Waals surface area contributed by atoms with Crippen LogP contribution in [0.1, 0.15) is 30.0 Å². The second-order valence-corrected chi connectivity index (χ2v) is 3.67. The van der Waals surface area contributed by atoms with Gasteiger partial charge in [-0.2, -0.15) is 0 Å². The third kappa shape index (κ3) is 2.52. The number of hydrogen-bond acceptors (Lipinski definition) is 2. The first-order valence-electron chi connectivity index (χ1n) is 5.17. The molecule has 1 rings (SSSR count). The fraction of sp³-hybridized carbons (Fsp3) is 0.385. The summed E-state index contributed by atoms with van der Waals surface area (Å²) < 4.78 is 0. The number of aryl methyl sites for hydroxylation is 2. The lowest BCUT2D eigenvalue weighted by Crippen LogP contribution is -2.15. The third-order valence-corrected chi connectivity index (χ3v) is 2.46. The molecule has 0 fully saturated rings. The summed E-state index contributed by atoms with van der Waals surface area (Å²) in [5, 5.41) is 0. The Balaban J connectivity index is 3.24. The predicted octanol–water partition coefficient (Wildman–Crippen LogP) is 2.70. The van der Waals surface area contributed by atoms with Gasteiger partial charge in [-0.05, 0) is 25.5 Å². The molecule has 0 atom stereocenters. The van der Waals surface area contributed by atoms with Gasteiger partial charge < -0.3 is 0 Å². The molecule has 0 amide bonds. The van der Waals surface area contributed by atoms with Gasteiger partial charge in [0.1, 0.15) is 5.71 Å². The largest absolute Gasteiger partial charge is 0.292 e. The summed E-state index contributed by atoms with van der Waals surface area (Å²) in [6.45, 7) is 5.88. The van der Waals surface area contributed by atoms with Crippen molar-refractivity contribution < 1.29 is 4.79 Å². The molecule has 0 saturated heterocycles. The number of benzene rings is 1. The van der Waals surface area contributed by atoms with E-state index in [0.29, 0.717) is 12.1 Å². The maximum absolute atomic E-state index is 11.7. The summed E-state index contributed by atoms with van der Waals surface area (Å²) in [6.07, 6.45) is 0.500. The number of rotatable bonds is 3. The Bertz CT molecular complexity index is 405. The zero-order chi connectivity index (χ0) is 11.4. The molecule has 15 heavy (non-hydrogen) atoms. The van der Waals surface area contributed by atoms with Crippen molar-refractivity contribution in [2.45, 2.75) is 27.2 Å². The second-order valence-electron chi connectivity index (χ2n) is 3.67. The molecular weight excluding hydrogens is 186 g/mol. The molecule has 1 aromatic rings. The highest BCUT2D eigenvalue weighted by Crippen LogP contribution is 2.13. The van der Waals surface area contributed by atoms with E-state index in [4.69, 9.17) is 0 Å². The number of carbonyl (C=O) groups excluding carboxylic acids is 1. The zero-order valence-corrected chi connectivity index (χ0v) is 9.79. The van der Waals surface area contributed by atoms with Crippen molar-refractivity contribution >= 4 is 11.5 Å². The Hall–Kier alpha value is -1.44. The lowest BCUT2D eigenvalue weighted by molar-refractivity contribution is -0.112. The van der Waals surface area contributed by atoms with E-state index in [0.717, 1.165) is 16.7 Å². The maximum Gasteiger partial charge on any atom is 0.181 e. The first-order chi connectivity index (χ1) is 7.10. The molecule has 0 saturated carbocycles. The Kier molecular flexibility index (Phi) is 3.78. The molecule has 80 valence electrons. The van der Waals surface area contributed by atoms with Gasteiger partial charge in [-0.15, -0.1) is 0 Å². The van der Waals surface area contributed by atoms with E-state index in [9.17, 15) is 4.79 Å². The van der Waals surface area contributed by atoms with Gasteiger partial charge in [-0.3, -0.25) is 9.79 Å². The highest BCUT2D eigenvalue weighted by atomic mass is 16.1. The number of nitrogens with zero attached hydrogens (tertiary/aromatic N) is 1. The lowest BCUT2D eigenvalue weighted by Gasteiger charge is -2.08. The molecule has 0 radical (unpaired) electrons. The van der Waals surface area contributed by atoms with E-state index in [1.807, 2.05) is 39.0 Å². The Morgan fingerprint density at radius 3 is 2.53 bits per heavy atom. The summed E-state index contributed by atoms with van der Waals surface area (Å²) in [5.74, 6) is 0.103. The van der Waals surface area contributed by atoms with Crippen LogP contribution in [0.5, 0.6) is 0 Å². The molecule has 0 aliphatic carbocycles. The summed E-state index contributed by atoms with van der Waals surface area (Å²) >= 11 is 0. The monoisotopic (exact) mass is 203 g/mol. The van der Waals surface area contributed by atoms with Gasteiger partial charge in [0.05, 0.1) is 0 Å². The Labute approximate surface area is 91.0 Å². The number of Topliss-reactive ketones (excluding diaryl/α,β-unsaturated/α-hetero) is 1. The Morgan fingerprint density at radius 2 is 2.00 bits per heavy atom. The van der Waals surface area contributed by atoms with E-state index in [1.54, 1.807) is 7.05 Å². The third-order valence-electron chi connectivity index (χ3n) is 2.46. The van der Waals surface area contributed by atoms with Gasteiger partial charge in [-0.1, -0.05) is 24.6 Å². The van der Waals surface area contributed by atoms with Crippen molar-refractivity contribution in [1.29, 1.82) is 0 Å². The number of carbonyl (C=O) groups is 1. The number of ketones is 1. The van der Waals surface area contributed by atoms with Crippen LogP contribution in [0.3, 0.4) is 0 Å². The van der Waals surface area contributed by atoms with Gasteiger partial charge in [0.15, 0.2) is 5.78 Å². The second kappa shape index (κ2) is 4.87. The summed E-state index contributed by atoms with van der Waals surface area (Å²) in [4.78, 5) is 15.8. The summed E-state index contributed by atoms with van der Waals surface area (Å²) in [6, 6.07) is 6.09. The van der Waals surface area contributed by atoms with Gasteiger partial charge in [0.25, 0.3) is 0 Å². The summed E-state index contributed by atoms with van der Waals surface area (Å²) in [7, 11) is 1.67. The van der Waals surface area contributed by atoms with Gasteiger partial charge in [0, 0.05) is 19.0 Å². The van der Waals surface area contributed by atoms with Crippen LogP contribution in [0.15, 0.2) is 23.2 Å². The average Bonchev–Trinajstić information content (AvgIpc) is 2.23. The fourth-order valence-electron chi connectivity index (χ4n) is 1.55. The number of hydrogen-bond donors (Lipinski definition) is 0. The van der Waals surface area contributed by atoms with Crippen LogP contribution in [0, 0.1) is 13.8 Å². The molecule has 0 aliphatic rings. The molecule has 1 aromatic carbocycles. The summed E-state index contributed by atoms with van der Waals surface area (Å²) in [5.41, 5.74) is 3.81. The first kappa shape index (κ1) is 11.6. The van der Waals surface area contributed by atoms with Gasteiger partial charge in [0.2, 0.25) is 0 Å². The van der Waals surface area contributed by atoms with Crippen LogP contribution in [-0.4, -0.2) is 18.5 Å². The molecular formula is C13H17NO. The molecule has 0 N–H and O–H groups in total. The van der Waals surface area contributed by atoms with E-state index < -0.39 is 0 Å². The standard InChI is InChI=1S/C13H17NO/c1-5-12(15)13(14-4)11-8-9(2)6-7-10(11)3/h6-8H,5H2,1-4H3/b14-13+. The molecule has 0 bridgehead atoms. The van der Waals surface area contributed by atoms with Gasteiger partial charge in [-0.25, -0.2) is 0 Å². The molecule has 0 spiro atoms. The van der Waals surface area contributed by atoms with Crippen LogP contribution in [0.25, 0.3) is 0 Å². The van der Waals surface area contributed by atoms with Crippen molar-refractivity contribution in [3.8, 4) is 0 Å². The molecule has 2 nitrogen and oxygen atoms in total. The van der Waals surface area contributed by atoms with Crippen molar-refractivity contribution in [3.63, 3.8) is 0 Å². The van der Waals surface area contributed by atoms with E-state index in [2.05, 4.69) is 4.99 Å². The van der Waals surface area contributed by atoms with Crippen molar-refractivity contribution in [2.24, 2.45) is 4.99 Å². The molecule has 0 unspecified atom stereocenters. The van der Waals surface area contributed by atoms with Crippen LogP contribution in [-0.2, 0) is 4.79 Å². The highest BCUT2D eigenvalue weighted by molar-refractivity contribution is 6.46. The highest BCUT2D eigenvalue weighted by Gasteiger charge is 2.13. The van der Waals surface area contributed by atoms with Gasteiger partial charge >= 0.3 is 0 Å². The van der Waals surface area contributed by atoms with Crippen LogP contribution in [0.2, 0.25) is 0 Å². The van der Waals surface area contributed by atoms with Crippen molar-refractivity contribution in [3.05, 3.63) is 34.9 Å². The van der Waals surface area contributed by atoms with E-state index in [1.165, 1.54) is 0 Å². The fourth-order valence-corrected chi connectivity index (χ4v) is 1.55. The minimum Gasteiger partial charge on any atom is -0.292 e. The normalized spacial score (nSPS) is 11.6. The minimum absolute atomic E-state index is 0.103. The van der Waals surface area contributed by atoms with Crippen molar-refractivity contribution in [1.82, 2.24) is 0 Å². The van der Waals surface area contributed by atoms with E-state index in [-0.39, 0.29) is 5.78 Å². The van der Waals surface area contributed by atoms with Crippen LogP contribution in [0.4, 0.5) is 0 Å². The number of aliphatic imine (C=N–C) groups is 1.